The van der Waals surface area contributed by atoms with Crippen LogP contribution in [0.2, 0.25) is 0 Å². The minimum Gasteiger partial charge on any atom is -0.465 e. The van der Waals surface area contributed by atoms with E-state index in [-0.39, 0.29) is 17.5 Å². The van der Waals surface area contributed by atoms with Gasteiger partial charge in [0.15, 0.2) is 0 Å². The fraction of sp³-hybridized carbons (Fsp3) is 0.579. The summed E-state index contributed by atoms with van der Waals surface area (Å²) in [6.07, 6.45) is 2.58. The van der Waals surface area contributed by atoms with Crippen LogP contribution in [-0.2, 0) is 22.3 Å². The van der Waals surface area contributed by atoms with Gasteiger partial charge in [0.2, 0.25) is 0 Å². The number of benzene rings is 1. The molecule has 24 heavy (non-hydrogen) atoms. The third-order valence-corrected chi connectivity index (χ3v) is 4.85. The van der Waals surface area contributed by atoms with Crippen molar-refractivity contribution in [1.82, 2.24) is 4.90 Å². The van der Waals surface area contributed by atoms with Crippen molar-refractivity contribution >= 4 is 12.1 Å². The molecule has 1 aliphatic carbocycles. The van der Waals surface area contributed by atoms with Crippen LogP contribution in [0.15, 0.2) is 18.2 Å². The molecule has 0 aromatic heterocycles. The summed E-state index contributed by atoms with van der Waals surface area (Å²) in [4.78, 5) is 25.8. The summed E-state index contributed by atoms with van der Waals surface area (Å²) in [6, 6.07) is 5.78. The summed E-state index contributed by atoms with van der Waals surface area (Å²) < 4.78 is 10.3. The van der Waals surface area contributed by atoms with E-state index in [1.807, 2.05) is 43.9 Å². The SMILES string of the molecule is COC(=O)c1ccc2c(c1)C[C@]1(CCN(C(=O)OC(C)(C)C)C1)C2. The van der Waals surface area contributed by atoms with Gasteiger partial charge in [-0.15, -0.1) is 0 Å². The highest BCUT2D eigenvalue weighted by molar-refractivity contribution is 5.89. The summed E-state index contributed by atoms with van der Waals surface area (Å²) >= 11 is 0. The minimum absolute atomic E-state index is 0.0774. The van der Waals surface area contributed by atoms with E-state index >= 15 is 0 Å². The molecule has 1 fully saturated rings. The number of hydrogen-bond acceptors (Lipinski definition) is 4. The molecule has 2 aliphatic rings. The molecule has 5 nitrogen and oxygen atoms in total. The predicted molar refractivity (Wildman–Crippen MR) is 90.0 cm³/mol. The normalized spacial score (nSPS) is 22.6. The van der Waals surface area contributed by atoms with Gasteiger partial charge in [-0.25, -0.2) is 9.59 Å². The number of amides is 1. The molecule has 0 unspecified atom stereocenters. The molecule has 1 aromatic carbocycles. The Kier molecular flexibility index (Phi) is 4.06. The predicted octanol–water partition coefficient (Wildman–Crippen LogP) is 3.20. The second-order valence-electron chi connectivity index (χ2n) is 7.98. The lowest BCUT2D eigenvalue weighted by atomic mass is 9.84. The van der Waals surface area contributed by atoms with Crippen LogP contribution in [-0.4, -0.2) is 42.8 Å². The molecule has 0 bridgehead atoms. The number of likely N-dealkylation sites (tertiary alicyclic amines) is 1. The highest BCUT2D eigenvalue weighted by atomic mass is 16.6. The fourth-order valence-corrected chi connectivity index (χ4v) is 3.78. The molecule has 3 rings (SSSR count). The van der Waals surface area contributed by atoms with Gasteiger partial charge in [-0.2, -0.15) is 0 Å². The lowest BCUT2D eigenvalue weighted by Gasteiger charge is -2.26. The number of rotatable bonds is 1. The highest BCUT2D eigenvalue weighted by Gasteiger charge is 2.45. The van der Waals surface area contributed by atoms with E-state index in [0.717, 1.165) is 25.8 Å². The van der Waals surface area contributed by atoms with Gasteiger partial charge in [0.05, 0.1) is 12.7 Å². The van der Waals surface area contributed by atoms with Gasteiger partial charge in [0, 0.05) is 13.1 Å². The first-order chi connectivity index (χ1) is 11.2. The van der Waals surface area contributed by atoms with Crippen LogP contribution in [0, 0.1) is 5.41 Å². The van der Waals surface area contributed by atoms with Crippen molar-refractivity contribution in [3.05, 3.63) is 34.9 Å². The van der Waals surface area contributed by atoms with Crippen molar-refractivity contribution in [1.29, 1.82) is 0 Å². The highest BCUT2D eigenvalue weighted by Crippen LogP contribution is 2.44. The van der Waals surface area contributed by atoms with Crippen molar-refractivity contribution in [3.8, 4) is 0 Å². The molecule has 1 heterocycles. The maximum absolute atomic E-state index is 12.3. The summed E-state index contributed by atoms with van der Waals surface area (Å²) in [5.74, 6) is -0.305. The Morgan fingerprint density at radius 1 is 1.17 bits per heavy atom. The maximum atomic E-state index is 12.3. The zero-order valence-electron chi connectivity index (χ0n) is 14.8. The first kappa shape index (κ1) is 16.8. The summed E-state index contributed by atoms with van der Waals surface area (Å²) in [5.41, 5.74) is 2.67. The zero-order valence-corrected chi connectivity index (χ0v) is 14.8. The molecule has 1 aromatic rings. The molecular weight excluding hydrogens is 306 g/mol. The van der Waals surface area contributed by atoms with E-state index in [1.54, 1.807) is 0 Å². The quantitative estimate of drug-likeness (QED) is 0.742. The number of hydrogen-bond donors (Lipinski definition) is 0. The zero-order chi connectivity index (χ0) is 17.5. The number of ether oxygens (including phenoxy) is 2. The van der Waals surface area contributed by atoms with Gasteiger partial charge in [-0.05, 0) is 68.7 Å². The number of esters is 1. The molecule has 1 atom stereocenters. The molecule has 1 spiro atoms. The van der Waals surface area contributed by atoms with E-state index in [0.29, 0.717) is 12.1 Å². The molecule has 0 radical (unpaired) electrons. The van der Waals surface area contributed by atoms with E-state index in [1.165, 1.54) is 18.2 Å². The lowest BCUT2D eigenvalue weighted by Crippen LogP contribution is -2.37. The second kappa shape index (κ2) is 5.80. The summed E-state index contributed by atoms with van der Waals surface area (Å²) in [6.45, 7) is 7.10. The van der Waals surface area contributed by atoms with Crippen molar-refractivity contribution in [2.75, 3.05) is 20.2 Å². The Hall–Kier alpha value is -2.04. The Labute approximate surface area is 142 Å². The van der Waals surface area contributed by atoms with Crippen LogP contribution in [0.25, 0.3) is 0 Å². The number of carbonyl (C=O) groups excluding carboxylic acids is 2. The molecule has 5 heteroatoms. The van der Waals surface area contributed by atoms with E-state index in [2.05, 4.69) is 0 Å². The van der Waals surface area contributed by atoms with Crippen LogP contribution in [0.5, 0.6) is 0 Å². The molecule has 130 valence electrons. The summed E-state index contributed by atoms with van der Waals surface area (Å²) in [7, 11) is 1.40. The Morgan fingerprint density at radius 2 is 1.88 bits per heavy atom. The van der Waals surface area contributed by atoms with Crippen LogP contribution in [0.1, 0.15) is 48.7 Å². The third kappa shape index (κ3) is 3.25. The van der Waals surface area contributed by atoms with Crippen molar-refractivity contribution < 1.29 is 19.1 Å². The molecule has 1 aliphatic heterocycles. The van der Waals surface area contributed by atoms with E-state index in [9.17, 15) is 9.59 Å². The average Bonchev–Trinajstić information content (AvgIpc) is 3.07. The third-order valence-electron chi connectivity index (χ3n) is 4.85. The lowest BCUT2D eigenvalue weighted by molar-refractivity contribution is 0.0274. The maximum Gasteiger partial charge on any atom is 0.410 e. The van der Waals surface area contributed by atoms with Gasteiger partial charge >= 0.3 is 12.1 Å². The number of carbonyl (C=O) groups is 2. The summed E-state index contributed by atoms with van der Waals surface area (Å²) in [5, 5.41) is 0. The standard InChI is InChI=1S/C19H25NO4/c1-18(2,3)24-17(22)20-8-7-19(12-20)10-14-6-5-13(16(21)23-4)9-15(14)11-19/h5-6,9H,7-8,10-12H2,1-4H3/t19-/m0/s1. The van der Waals surface area contributed by atoms with Crippen molar-refractivity contribution in [3.63, 3.8) is 0 Å². The molecule has 1 amide bonds. The van der Waals surface area contributed by atoms with Crippen LogP contribution >= 0.6 is 0 Å². The molecular formula is C19H25NO4. The average molecular weight is 331 g/mol. The van der Waals surface area contributed by atoms with Crippen LogP contribution in [0.3, 0.4) is 0 Å². The van der Waals surface area contributed by atoms with E-state index < -0.39 is 5.60 Å². The number of methoxy groups -OCH3 is 1. The largest absolute Gasteiger partial charge is 0.465 e. The minimum atomic E-state index is -0.471. The van der Waals surface area contributed by atoms with Gasteiger partial charge < -0.3 is 14.4 Å². The van der Waals surface area contributed by atoms with Crippen molar-refractivity contribution in [2.45, 2.75) is 45.6 Å². The molecule has 0 N–H and O–H groups in total. The second-order valence-corrected chi connectivity index (χ2v) is 7.98. The first-order valence-electron chi connectivity index (χ1n) is 8.39. The van der Waals surface area contributed by atoms with Gasteiger partial charge in [0.25, 0.3) is 0 Å². The van der Waals surface area contributed by atoms with Gasteiger partial charge in [-0.3, -0.25) is 0 Å². The molecule has 1 saturated heterocycles. The number of fused-ring (bicyclic) bond motifs is 1. The fourth-order valence-electron chi connectivity index (χ4n) is 3.78. The van der Waals surface area contributed by atoms with Crippen LogP contribution < -0.4 is 0 Å². The van der Waals surface area contributed by atoms with Crippen molar-refractivity contribution in [2.24, 2.45) is 5.41 Å². The van der Waals surface area contributed by atoms with Gasteiger partial charge in [0.1, 0.15) is 5.60 Å². The van der Waals surface area contributed by atoms with Crippen LogP contribution in [0.4, 0.5) is 4.79 Å². The topological polar surface area (TPSA) is 55.8 Å². The number of nitrogens with zero attached hydrogens (tertiary/aromatic N) is 1. The van der Waals surface area contributed by atoms with E-state index in [4.69, 9.17) is 9.47 Å². The molecule has 0 saturated carbocycles. The monoisotopic (exact) mass is 331 g/mol. The Morgan fingerprint density at radius 3 is 2.54 bits per heavy atom. The van der Waals surface area contributed by atoms with Gasteiger partial charge in [-0.1, -0.05) is 6.07 Å². The first-order valence-corrected chi connectivity index (χ1v) is 8.39. The smallest absolute Gasteiger partial charge is 0.410 e. The Bertz CT molecular complexity index is 676. The Balaban J connectivity index is 1.71.